The van der Waals surface area contributed by atoms with E-state index in [1.54, 1.807) is 0 Å². The van der Waals surface area contributed by atoms with Gasteiger partial charge in [-0.3, -0.25) is 9.69 Å². The van der Waals surface area contributed by atoms with Crippen LogP contribution < -0.4 is 11.1 Å². The molecule has 1 aromatic rings. The van der Waals surface area contributed by atoms with Crippen molar-refractivity contribution in [3.63, 3.8) is 0 Å². The average molecular weight is 378 g/mol. The minimum atomic E-state index is -0.612. The van der Waals surface area contributed by atoms with Gasteiger partial charge in [0.25, 0.3) is 0 Å². The zero-order chi connectivity index (χ0) is 15.9. The Bertz CT molecular complexity index is 468. The molecule has 0 aliphatic carbocycles. The van der Waals surface area contributed by atoms with Crippen molar-refractivity contribution >= 4 is 30.7 Å². The molecule has 1 fully saturated rings. The van der Waals surface area contributed by atoms with Gasteiger partial charge in [0.1, 0.15) is 6.04 Å². The van der Waals surface area contributed by atoms with Crippen LogP contribution in [0.15, 0.2) is 30.3 Å². The van der Waals surface area contributed by atoms with Crippen LogP contribution in [0.1, 0.15) is 25.5 Å². The molecule has 2 unspecified atom stereocenters. The molecule has 7 heteroatoms. The molecule has 1 aromatic carbocycles. The van der Waals surface area contributed by atoms with Gasteiger partial charge in [-0.2, -0.15) is 0 Å². The van der Waals surface area contributed by atoms with Crippen molar-refractivity contribution in [3.05, 3.63) is 35.9 Å². The summed E-state index contributed by atoms with van der Waals surface area (Å²) in [7, 11) is 0. The second-order valence-electron chi connectivity index (χ2n) is 6.09. The van der Waals surface area contributed by atoms with Crippen molar-refractivity contribution in [3.8, 4) is 0 Å². The Balaban J connectivity index is 0.00000264. The molecule has 1 aliphatic rings. The highest BCUT2D eigenvalue weighted by atomic mass is 35.5. The minimum absolute atomic E-state index is 0. The Kier molecular flexibility index (Phi) is 11.2. The molecular weight excluding hydrogens is 349 g/mol. The van der Waals surface area contributed by atoms with Crippen LogP contribution in [0.25, 0.3) is 0 Å². The van der Waals surface area contributed by atoms with Crippen LogP contribution in [-0.2, 0) is 9.53 Å². The fraction of sp³-hybridized carbons (Fsp3) is 0.588. The van der Waals surface area contributed by atoms with E-state index in [4.69, 9.17) is 10.5 Å². The third-order valence-corrected chi connectivity index (χ3v) is 4.21. The molecule has 24 heavy (non-hydrogen) atoms. The topological polar surface area (TPSA) is 67.6 Å². The third-order valence-electron chi connectivity index (χ3n) is 4.21. The Morgan fingerprint density at radius 2 is 1.79 bits per heavy atom. The zero-order valence-electron chi connectivity index (χ0n) is 14.3. The SMILES string of the molecule is CC(C)C(CNC(=O)C(N)c1ccccc1)N1CCOCC1.Cl.Cl. The number of morpholine rings is 1. The summed E-state index contributed by atoms with van der Waals surface area (Å²) in [5.74, 6) is 0.344. The lowest BCUT2D eigenvalue weighted by atomic mass is 10.0. The highest BCUT2D eigenvalue weighted by Gasteiger charge is 2.25. The van der Waals surface area contributed by atoms with Crippen molar-refractivity contribution in [2.45, 2.75) is 25.9 Å². The monoisotopic (exact) mass is 377 g/mol. The summed E-state index contributed by atoms with van der Waals surface area (Å²) in [5, 5.41) is 3.01. The number of amides is 1. The fourth-order valence-electron chi connectivity index (χ4n) is 2.82. The second kappa shape index (κ2) is 11.7. The first-order valence-electron chi connectivity index (χ1n) is 7.99. The van der Waals surface area contributed by atoms with E-state index in [0.717, 1.165) is 31.9 Å². The smallest absolute Gasteiger partial charge is 0.241 e. The van der Waals surface area contributed by atoms with E-state index in [9.17, 15) is 4.79 Å². The van der Waals surface area contributed by atoms with Gasteiger partial charge in [-0.1, -0.05) is 44.2 Å². The number of benzene rings is 1. The van der Waals surface area contributed by atoms with Gasteiger partial charge in [0.2, 0.25) is 5.91 Å². The lowest BCUT2D eigenvalue weighted by Gasteiger charge is -2.37. The molecule has 0 aromatic heterocycles. The van der Waals surface area contributed by atoms with Crippen molar-refractivity contribution in [1.29, 1.82) is 0 Å². The summed E-state index contributed by atoms with van der Waals surface area (Å²) in [5.41, 5.74) is 6.87. The van der Waals surface area contributed by atoms with Crippen LogP contribution in [0.5, 0.6) is 0 Å². The minimum Gasteiger partial charge on any atom is -0.379 e. The van der Waals surface area contributed by atoms with E-state index < -0.39 is 6.04 Å². The molecule has 1 amide bonds. The number of rotatable bonds is 6. The number of carbonyl (C=O) groups excluding carboxylic acids is 1. The number of nitrogens with one attached hydrogen (secondary N) is 1. The summed E-state index contributed by atoms with van der Waals surface area (Å²) >= 11 is 0. The number of hydrogen-bond acceptors (Lipinski definition) is 4. The molecule has 0 saturated carbocycles. The standard InChI is InChI=1S/C17H27N3O2.2ClH/c1-13(2)15(20-8-10-22-11-9-20)12-19-17(21)16(18)14-6-4-3-5-7-14;;/h3-7,13,15-16H,8-12,18H2,1-2H3,(H,19,21);2*1H. The van der Waals surface area contributed by atoms with Crippen molar-refractivity contribution in [1.82, 2.24) is 10.2 Å². The highest BCUT2D eigenvalue weighted by Crippen LogP contribution is 2.13. The van der Waals surface area contributed by atoms with Gasteiger partial charge in [0, 0.05) is 25.7 Å². The largest absolute Gasteiger partial charge is 0.379 e. The lowest BCUT2D eigenvalue weighted by Crippen LogP contribution is -2.52. The molecule has 138 valence electrons. The Morgan fingerprint density at radius 1 is 1.21 bits per heavy atom. The summed E-state index contributed by atoms with van der Waals surface area (Å²) in [6.07, 6.45) is 0. The molecule has 5 nitrogen and oxygen atoms in total. The van der Waals surface area contributed by atoms with Crippen LogP contribution in [0, 0.1) is 5.92 Å². The Hall–Kier alpha value is -0.850. The summed E-state index contributed by atoms with van der Waals surface area (Å²) in [6.45, 7) is 8.36. The number of halogens is 2. The number of nitrogens with two attached hydrogens (primary N) is 1. The average Bonchev–Trinajstić information content (AvgIpc) is 2.55. The van der Waals surface area contributed by atoms with E-state index in [0.29, 0.717) is 18.5 Å². The normalized spacial score (nSPS) is 17.3. The molecule has 2 atom stereocenters. The zero-order valence-corrected chi connectivity index (χ0v) is 15.9. The van der Waals surface area contributed by atoms with Gasteiger partial charge in [-0.25, -0.2) is 0 Å². The van der Waals surface area contributed by atoms with Gasteiger partial charge in [0.05, 0.1) is 13.2 Å². The molecular formula is C17H29Cl2N3O2. The first kappa shape index (κ1) is 23.1. The van der Waals surface area contributed by atoms with Crippen LogP contribution in [0.2, 0.25) is 0 Å². The van der Waals surface area contributed by atoms with Crippen LogP contribution in [0.3, 0.4) is 0 Å². The van der Waals surface area contributed by atoms with Gasteiger partial charge in [-0.15, -0.1) is 24.8 Å². The Morgan fingerprint density at radius 3 is 2.33 bits per heavy atom. The molecule has 1 heterocycles. The van der Waals surface area contributed by atoms with Crippen molar-refractivity contribution in [2.24, 2.45) is 11.7 Å². The molecule has 0 bridgehead atoms. The second-order valence-corrected chi connectivity index (χ2v) is 6.09. The maximum atomic E-state index is 12.3. The molecule has 1 saturated heterocycles. The van der Waals surface area contributed by atoms with Gasteiger partial charge in [-0.05, 0) is 11.5 Å². The predicted octanol–water partition coefficient (Wildman–Crippen LogP) is 2.00. The highest BCUT2D eigenvalue weighted by molar-refractivity contribution is 5.85. The van der Waals surface area contributed by atoms with Gasteiger partial charge >= 0.3 is 0 Å². The number of nitrogens with zero attached hydrogens (tertiary/aromatic N) is 1. The maximum absolute atomic E-state index is 12.3. The number of hydrogen-bond donors (Lipinski definition) is 2. The van der Waals surface area contributed by atoms with E-state index in [-0.39, 0.29) is 30.7 Å². The van der Waals surface area contributed by atoms with Crippen LogP contribution in [0.4, 0.5) is 0 Å². The maximum Gasteiger partial charge on any atom is 0.241 e. The number of ether oxygens (including phenoxy) is 1. The summed E-state index contributed by atoms with van der Waals surface area (Å²) in [4.78, 5) is 14.7. The van der Waals surface area contributed by atoms with Crippen LogP contribution >= 0.6 is 24.8 Å². The molecule has 0 radical (unpaired) electrons. The quantitative estimate of drug-likeness (QED) is 0.795. The first-order chi connectivity index (χ1) is 10.6. The fourth-order valence-corrected chi connectivity index (χ4v) is 2.82. The van der Waals surface area contributed by atoms with E-state index in [2.05, 4.69) is 24.1 Å². The van der Waals surface area contributed by atoms with Crippen molar-refractivity contribution in [2.75, 3.05) is 32.8 Å². The Labute approximate surface area is 157 Å². The van der Waals surface area contributed by atoms with E-state index in [1.807, 2.05) is 30.3 Å². The molecule has 2 rings (SSSR count). The number of carbonyl (C=O) groups is 1. The van der Waals surface area contributed by atoms with Gasteiger partial charge in [0.15, 0.2) is 0 Å². The van der Waals surface area contributed by atoms with E-state index in [1.165, 1.54) is 0 Å². The molecule has 3 N–H and O–H groups in total. The first-order valence-corrected chi connectivity index (χ1v) is 7.99. The molecule has 0 spiro atoms. The lowest BCUT2D eigenvalue weighted by molar-refractivity contribution is -0.122. The third kappa shape index (κ3) is 6.57. The predicted molar refractivity (Wildman–Crippen MR) is 102 cm³/mol. The van der Waals surface area contributed by atoms with E-state index >= 15 is 0 Å². The summed E-state index contributed by atoms with van der Waals surface area (Å²) in [6, 6.07) is 9.18. The van der Waals surface area contributed by atoms with Crippen molar-refractivity contribution < 1.29 is 9.53 Å². The van der Waals surface area contributed by atoms with Crippen LogP contribution in [-0.4, -0.2) is 49.7 Å². The van der Waals surface area contributed by atoms with Gasteiger partial charge < -0.3 is 15.8 Å². The molecule has 1 aliphatic heterocycles. The summed E-state index contributed by atoms with van der Waals surface area (Å²) < 4.78 is 5.40.